The third kappa shape index (κ3) is 11.3. The number of rotatable bonds is 8. The number of aliphatic imine (C=N–C) groups is 1. The summed E-state index contributed by atoms with van der Waals surface area (Å²) in [4.78, 5) is 14.8. The summed E-state index contributed by atoms with van der Waals surface area (Å²) >= 11 is 0. The number of carbonyl (C=O) groups is 1. The Morgan fingerprint density at radius 3 is 2.00 bits per heavy atom. The van der Waals surface area contributed by atoms with Crippen LogP contribution in [0, 0.1) is 0 Å². The molecular formula is C23H42BNO4. The molecule has 1 aliphatic rings. The number of nitrogens with zero attached hydrogens (tertiary/aromatic N) is 1. The molecule has 0 aliphatic carbocycles. The standard InChI is InChI=1S/C19H30BNO3.C2H6O.C2H6/c1-7-12-16(20-23-18(3,4)19(5,6)24-20)13-10-9-11-14-17(15-22)21-8-2;1-3-2;1-2/h7-10,12,14-16H,11,13H2,1-6H3;1-2H3;1-2H3/b10-9+,12-7-,17-14?,21-8?;;. The molecule has 0 bridgehead atoms. The van der Waals surface area contributed by atoms with Crippen LogP contribution in [0.3, 0.4) is 0 Å². The molecule has 0 saturated carbocycles. The molecule has 1 saturated heterocycles. The normalized spacial score (nSPS) is 19.1. The minimum atomic E-state index is -0.318. The molecular weight excluding hydrogens is 365 g/mol. The molecule has 0 radical (unpaired) electrons. The zero-order valence-electron chi connectivity index (χ0n) is 20.2. The van der Waals surface area contributed by atoms with Crippen molar-refractivity contribution >= 4 is 19.6 Å². The molecule has 1 aliphatic heterocycles. The lowest BCUT2D eigenvalue weighted by molar-refractivity contribution is -0.104. The molecule has 5 nitrogen and oxygen atoms in total. The van der Waals surface area contributed by atoms with Gasteiger partial charge in [-0.2, -0.15) is 0 Å². The van der Waals surface area contributed by atoms with Crippen molar-refractivity contribution in [2.24, 2.45) is 4.99 Å². The van der Waals surface area contributed by atoms with Gasteiger partial charge in [-0.05, 0) is 54.4 Å². The van der Waals surface area contributed by atoms with E-state index in [1.165, 1.54) is 0 Å². The van der Waals surface area contributed by atoms with Crippen LogP contribution in [0.5, 0.6) is 0 Å². The van der Waals surface area contributed by atoms with Crippen molar-refractivity contribution in [1.82, 2.24) is 0 Å². The molecule has 0 spiro atoms. The Labute approximate surface area is 179 Å². The molecule has 0 aromatic rings. The van der Waals surface area contributed by atoms with Crippen LogP contribution in [0.15, 0.2) is 41.1 Å². The maximum absolute atomic E-state index is 10.8. The Morgan fingerprint density at radius 2 is 1.59 bits per heavy atom. The summed E-state index contributed by atoms with van der Waals surface area (Å²) in [5.41, 5.74) is -0.180. The van der Waals surface area contributed by atoms with Crippen LogP contribution in [0.25, 0.3) is 0 Å². The third-order valence-electron chi connectivity index (χ3n) is 4.50. The fourth-order valence-corrected chi connectivity index (χ4v) is 2.41. The summed E-state index contributed by atoms with van der Waals surface area (Å²) in [6.45, 7) is 16.1. The summed E-state index contributed by atoms with van der Waals surface area (Å²) in [6.07, 6.45) is 14.0. The number of hydrogen-bond acceptors (Lipinski definition) is 5. The van der Waals surface area contributed by atoms with Crippen molar-refractivity contribution in [2.45, 2.75) is 85.3 Å². The fourth-order valence-electron chi connectivity index (χ4n) is 2.41. The molecule has 1 atom stereocenters. The largest absolute Gasteiger partial charge is 0.465 e. The lowest BCUT2D eigenvalue weighted by Gasteiger charge is -2.32. The SMILES string of the molecule is CC.CC=NC(C=O)=CC/C=C/CC(/C=C\C)B1OC(C)(C)C(C)(C)O1.COC. The summed E-state index contributed by atoms with van der Waals surface area (Å²) in [6, 6.07) is 0. The van der Waals surface area contributed by atoms with E-state index >= 15 is 0 Å². The van der Waals surface area contributed by atoms with Crippen LogP contribution in [-0.4, -0.2) is 45.0 Å². The highest BCUT2D eigenvalue weighted by molar-refractivity contribution is 6.48. The molecule has 6 heteroatoms. The van der Waals surface area contributed by atoms with Gasteiger partial charge in [0.25, 0.3) is 0 Å². The second-order valence-corrected chi connectivity index (χ2v) is 7.30. The van der Waals surface area contributed by atoms with Crippen molar-refractivity contribution < 1.29 is 18.8 Å². The quantitative estimate of drug-likeness (QED) is 0.167. The number of methoxy groups -OCH3 is 1. The van der Waals surface area contributed by atoms with E-state index in [1.54, 1.807) is 27.4 Å². The van der Waals surface area contributed by atoms with E-state index in [4.69, 9.17) is 9.31 Å². The van der Waals surface area contributed by atoms with Crippen LogP contribution in [0.1, 0.15) is 68.2 Å². The molecule has 1 unspecified atom stereocenters. The van der Waals surface area contributed by atoms with E-state index < -0.39 is 0 Å². The third-order valence-corrected chi connectivity index (χ3v) is 4.50. The van der Waals surface area contributed by atoms with Crippen LogP contribution >= 0.6 is 0 Å². The van der Waals surface area contributed by atoms with Gasteiger partial charge in [0.1, 0.15) is 0 Å². The monoisotopic (exact) mass is 407 g/mol. The highest BCUT2D eigenvalue weighted by atomic mass is 16.7. The number of carbonyl (C=O) groups excluding carboxylic acids is 1. The van der Waals surface area contributed by atoms with Crippen molar-refractivity contribution in [3.05, 3.63) is 36.1 Å². The molecule has 0 amide bonds. The van der Waals surface area contributed by atoms with Gasteiger partial charge in [-0.15, -0.1) is 0 Å². The van der Waals surface area contributed by atoms with Gasteiger partial charge >= 0.3 is 7.12 Å². The van der Waals surface area contributed by atoms with E-state index in [2.05, 4.69) is 49.6 Å². The first-order chi connectivity index (χ1) is 13.7. The Hall–Kier alpha value is -1.50. The van der Waals surface area contributed by atoms with Crippen LogP contribution in [0.4, 0.5) is 0 Å². The van der Waals surface area contributed by atoms with Gasteiger partial charge in [-0.3, -0.25) is 9.79 Å². The second kappa shape index (κ2) is 16.3. The van der Waals surface area contributed by atoms with Crippen molar-refractivity contribution in [3.8, 4) is 0 Å². The van der Waals surface area contributed by atoms with E-state index in [1.807, 2.05) is 39.0 Å². The summed E-state index contributed by atoms with van der Waals surface area (Å²) in [5.74, 6) is 0.162. The highest BCUT2D eigenvalue weighted by Gasteiger charge is 2.52. The topological polar surface area (TPSA) is 57.1 Å². The zero-order valence-corrected chi connectivity index (χ0v) is 20.2. The van der Waals surface area contributed by atoms with Crippen LogP contribution in [-0.2, 0) is 18.8 Å². The van der Waals surface area contributed by atoms with Gasteiger partial charge in [-0.25, -0.2) is 0 Å². The highest BCUT2D eigenvalue weighted by Crippen LogP contribution is 2.41. The lowest BCUT2D eigenvalue weighted by Crippen LogP contribution is -2.41. The van der Waals surface area contributed by atoms with E-state index in [-0.39, 0.29) is 24.1 Å². The maximum Gasteiger partial charge on any atom is 0.465 e. The summed E-state index contributed by atoms with van der Waals surface area (Å²) < 4.78 is 16.5. The van der Waals surface area contributed by atoms with Crippen molar-refractivity contribution in [3.63, 3.8) is 0 Å². The molecule has 0 aromatic carbocycles. The molecule has 1 fully saturated rings. The van der Waals surface area contributed by atoms with Gasteiger partial charge in [-0.1, -0.05) is 44.2 Å². The number of allylic oxidation sites excluding steroid dienone is 6. The smallest absolute Gasteiger partial charge is 0.403 e. The minimum Gasteiger partial charge on any atom is -0.403 e. The Bertz CT molecular complexity index is 535. The number of ether oxygens (including phenoxy) is 1. The first kappa shape index (κ1) is 29.7. The van der Waals surface area contributed by atoms with Crippen molar-refractivity contribution in [1.29, 1.82) is 0 Å². The zero-order chi connectivity index (χ0) is 22.9. The predicted octanol–water partition coefficient (Wildman–Crippen LogP) is 5.82. The Morgan fingerprint density at radius 1 is 1.07 bits per heavy atom. The molecule has 1 rings (SSSR count). The summed E-state index contributed by atoms with van der Waals surface area (Å²) in [5, 5.41) is 0. The van der Waals surface area contributed by atoms with Crippen LogP contribution in [0.2, 0.25) is 5.82 Å². The van der Waals surface area contributed by atoms with Crippen molar-refractivity contribution in [2.75, 3.05) is 14.2 Å². The molecule has 29 heavy (non-hydrogen) atoms. The van der Waals surface area contributed by atoms with Gasteiger partial charge in [0.05, 0.1) is 16.9 Å². The minimum absolute atomic E-state index is 0.162. The Kier molecular flexibility index (Phi) is 16.7. The van der Waals surface area contributed by atoms with Crippen LogP contribution < -0.4 is 0 Å². The summed E-state index contributed by atoms with van der Waals surface area (Å²) in [7, 11) is 3.00. The number of hydrogen-bond donors (Lipinski definition) is 0. The maximum atomic E-state index is 10.8. The van der Waals surface area contributed by atoms with E-state index in [9.17, 15) is 4.79 Å². The molecule has 1 heterocycles. The molecule has 166 valence electrons. The van der Waals surface area contributed by atoms with Gasteiger partial charge in [0, 0.05) is 26.3 Å². The predicted molar refractivity (Wildman–Crippen MR) is 126 cm³/mol. The van der Waals surface area contributed by atoms with E-state index in [0.29, 0.717) is 12.1 Å². The average Bonchev–Trinajstić information content (AvgIpc) is 2.89. The molecule has 0 N–H and O–H groups in total. The fraction of sp³-hybridized carbons (Fsp3) is 0.652. The lowest BCUT2D eigenvalue weighted by atomic mass is 9.69. The first-order valence-corrected chi connectivity index (χ1v) is 10.4. The van der Waals surface area contributed by atoms with Gasteiger partial charge in [0.2, 0.25) is 0 Å². The Balaban J connectivity index is 0. The van der Waals surface area contributed by atoms with Gasteiger partial charge < -0.3 is 14.0 Å². The molecule has 0 aromatic heterocycles. The van der Waals surface area contributed by atoms with E-state index in [0.717, 1.165) is 12.7 Å². The number of aldehydes is 1. The average molecular weight is 407 g/mol. The van der Waals surface area contributed by atoms with Gasteiger partial charge in [0.15, 0.2) is 6.29 Å². The first-order valence-electron chi connectivity index (χ1n) is 10.4. The second-order valence-electron chi connectivity index (χ2n) is 7.30.